The van der Waals surface area contributed by atoms with Crippen LogP contribution in [-0.4, -0.2) is 34.5 Å². The first-order valence-electron chi connectivity index (χ1n) is 10.1. The van der Waals surface area contributed by atoms with Crippen LogP contribution in [0.4, 0.5) is 0 Å². The lowest BCUT2D eigenvalue weighted by Crippen LogP contribution is -2.15. The maximum Gasteiger partial charge on any atom is 0.159 e. The summed E-state index contributed by atoms with van der Waals surface area (Å²) in [5, 5.41) is 8.43. The highest BCUT2D eigenvalue weighted by atomic mass is 15.3. The second-order valence-electron chi connectivity index (χ2n) is 7.59. The lowest BCUT2D eigenvalue weighted by molar-refractivity contribution is 0.623. The SMILES string of the molecule is CC(C)N/N=C/c1ccc(-c2ccnc(-c3ccc(/C=N/NC(C)C)cc3)n2)cc1. The summed E-state index contributed by atoms with van der Waals surface area (Å²) in [7, 11) is 0. The standard InChI is InChI=1S/C24H28N6/c1-17(2)29-26-15-19-5-9-21(10-6-19)23-13-14-25-24(28-23)22-11-7-20(8-12-22)16-27-30-18(3)4/h5-18,29-30H,1-4H3/b26-15+,27-16+. The number of hydrogen-bond donors (Lipinski definition) is 2. The molecule has 6 nitrogen and oxygen atoms in total. The van der Waals surface area contributed by atoms with Crippen molar-refractivity contribution in [2.45, 2.75) is 39.8 Å². The van der Waals surface area contributed by atoms with Gasteiger partial charge in [0.05, 0.1) is 18.1 Å². The van der Waals surface area contributed by atoms with Crippen molar-refractivity contribution >= 4 is 12.4 Å². The van der Waals surface area contributed by atoms with Gasteiger partial charge in [0.2, 0.25) is 0 Å². The fourth-order valence-electron chi connectivity index (χ4n) is 2.64. The average Bonchev–Trinajstić information content (AvgIpc) is 2.74. The highest BCUT2D eigenvalue weighted by Gasteiger charge is 2.05. The molecule has 1 aromatic heterocycles. The summed E-state index contributed by atoms with van der Waals surface area (Å²) < 4.78 is 0. The van der Waals surface area contributed by atoms with Crippen LogP contribution in [0.3, 0.4) is 0 Å². The average molecular weight is 401 g/mol. The molecule has 0 amide bonds. The van der Waals surface area contributed by atoms with Crippen molar-refractivity contribution in [2.24, 2.45) is 10.2 Å². The lowest BCUT2D eigenvalue weighted by Gasteiger charge is -2.06. The van der Waals surface area contributed by atoms with E-state index in [1.165, 1.54) is 0 Å². The molecular weight excluding hydrogens is 372 g/mol. The van der Waals surface area contributed by atoms with Gasteiger partial charge >= 0.3 is 0 Å². The van der Waals surface area contributed by atoms with E-state index in [1.54, 1.807) is 6.20 Å². The van der Waals surface area contributed by atoms with Crippen LogP contribution < -0.4 is 10.9 Å². The second kappa shape index (κ2) is 10.3. The molecule has 0 fully saturated rings. The smallest absolute Gasteiger partial charge is 0.159 e. The number of hydrogen-bond acceptors (Lipinski definition) is 6. The Labute approximate surface area is 178 Å². The van der Waals surface area contributed by atoms with Gasteiger partial charge in [0.15, 0.2) is 5.82 Å². The molecule has 3 rings (SSSR count). The van der Waals surface area contributed by atoms with Gasteiger partial charge in [0, 0.05) is 29.4 Å². The Morgan fingerprint density at radius 3 is 1.70 bits per heavy atom. The minimum absolute atomic E-state index is 0.315. The molecule has 0 atom stereocenters. The number of nitrogens with one attached hydrogen (secondary N) is 2. The maximum absolute atomic E-state index is 4.74. The minimum Gasteiger partial charge on any atom is -0.308 e. The topological polar surface area (TPSA) is 74.6 Å². The monoisotopic (exact) mass is 400 g/mol. The van der Waals surface area contributed by atoms with Crippen LogP contribution in [-0.2, 0) is 0 Å². The molecule has 0 unspecified atom stereocenters. The maximum atomic E-state index is 4.74. The van der Waals surface area contributed by atoms with Crippen LogP contribution in [0.1, 0.15) is 38.8 Å². The lowest BCUT2D eigenvalue weighted by atomic mass is 10.1. The molecule has 154 valence electrons. The summed E-state index contributed by atoms with van der Waals surface area (Å²) in [6, 6.07) is 18.7. The van der Waals surface area contributed by atoms with E-state index in [0.717, 1.165) is 27.9 Å². The van der Waals surface area contributed by atoms with Crippen molar-refractivity contribution in [2.75, 3.05) is 0 Å². The first kappa shape index (κ1) is 21.2. The molecule has 3 aromatic rings. The fraction of sp³-hybridized carbons (Fsp3) is 0.250. The molecule has 1 heterocycles. The first-order chi connectivity index (χ1) is 14.5. The van der Waals surface area contributed by atoms with Gasteiger partial charge in [-0.15, -0.1) is 0 Å². The Morgan fingerprint density at radius 1 is 0.700 bits per heavy atom. The van der Waals surface area contributed by atoms with Crippen LogP contribution in [0.2, 0.25) is 0 Å². The molecule has 0 aliphatic heterocycles. The molecule has 0 bridgehead atoms. The van der Waals surface area contributed by atoms with Gasteiger partial charge in [0.25, 0.3) is 0 Å². The van der Waals surface area contributed by atoms with Gasteiger partial charge in [-0.3, -0.25) is 0 Å². The predicted molar refractivity (Wildman–Crippen MR) is 125 cm³/mol. The number of benzene rings is 2. The summed E-state index contributed by atoms with van der Waals surface area (Å²) in [5.41, 5.74) is 11.0. The quantitative estimate of drug-likeness (QED) is 0.432. The van der Waals surface area contributed by atoms with Gasteiger partial charge in [0.1, 0.15) is 0 Å². The van der Waals surface area contributed by atoms with Crippen LogP contribution in [0.15, 0.2) is 71.0 Å². The Hall–Kier alpha value is -3.54. The molecule has 2 aromatic carbocycles. The zero-order valence-electron chi connectivity index (χ0n) is 17.9. The molecule has 0 radical (unpaired) electrons. The zero-order chi connectivity index (χ0) is 21.3. The number of hydrazone groups is 2. The van der Waals surface area contributed by atoms with Crippen molar-refractivity contribution in [3.63, 3.8) is 0 Å². The third-order valence-electron chi connectivity index (χ3n) is 4.12. The summed E-state index contributed by atoms with van der Waals surface area (Å²) >= 11 is 0. The molecule has 0 aliphatic rings. The highest BCUT2D eigenvalue weighted by Crippen LogP contribution is 2.21. The van der Waals surface area contributed by atoms with Crippen molar-refractivity contribution in [1.82, 2.24) is 20.8 Å². The third kappa shape index (κ3) is 6.24. The third-order valence-corrected chi connectivity index (χ3v) is 4.12. The fourth-order valence-corrected chi connectivity index (χ4v) is 2.64. The van der Waals surface area contributed by atoms with Crippen LogP contribution >= 0.6 is 0 Å². The van der Waals surface area contributed by atoms with Crippen LogP contribution in [0.5, 0.6) is 0 Å². The second-order valence-corrected chi connectivity index (χ2v) is 7.59. The minimum atomic E-state index is 0.315. The summed E-state index contributed by atoms with van der Waals surface area (Å²) in [4.78, 5) is 9.18. The van der Waals surface area contributed by atoms with Gasteiger partial charge in [-0.1, -0.05) is 48.5 Å². The van der Waals surface area contributed by atoms with E-state index in [4.69, 9.17) is 4.98 Å². The predicted octanol–water partition coefficient (Wildman–Crippen LogP) is 4.47. The Bertz CT molecular complexity index is 910. The summed E-state index contributed by atoms with van der Waals surface area (Å²) in [6.45, 7) is 8.21. The largest absolute Gasteiger partial charge is 0.308 e. The Balaban J connectivity index is 1.73. The highest BCUT2D eigenvalue weighted by molar-refractivity contribution is 5.81. The van der Waals surface area contributed by atoms with E-state index in [2.05, 4.69) is 53.7 Å². The Kier molecular flexibility index (Phi) is 7.27. The first-order valence-corrected chi connectivity index (χ1v) is 10.1. The number of aromatic nitrogens is 2. The molecule has 0 aliphatic carbocycles. The van der Waals surface area contributed by atoms with Gasteiger partial charge < -0.3 is 10.9 Å². The van der Waals surface area contributed by atoms with E-state index < -0.39 is 0 Å². The molecule has 2 N–H and O–H groups in total. The van der Waals surface area contributed by atoms with Gasteiger partial charge in [-0.25, -0.2) is 9.97 Å². The molecule has 0 saturated carbocycles. The Morgan fingerprint density at radius 2 is 1.20 bits per heavy atom. The summed E-state index contributed by atoms with van der Waals surface area (Å²) in [5.74, 6) is 0.697. The van der Waals surface area contributed by atoms with Gasteiger partial charge in [-0.2, -0.15) is 10.2 Å². The van der Waals surface area contributed by atoms with E-state index in [1.807, 2.05) is 67.0 Å². The molecule has 30 heavy (non-hydrogen) atoms. The van der Waals surface area contributed by atoms with Crippen molar-refractivity contribution in [3.8, 4) is 22.6 Å². The molecule has 6 heteroatoms. The van der Waals surface area contributed by atoms with E-state index in [9.17, 15) is 0 Å². The molecule has 0 saturated heterocycles. The van der Waals surface area contributed by atoms with Crippen molar-refractivity contribution < 1.29 is 0 Å². The van der Waals surface area contributed by atoms with E-state index in [-0.39, 0.29) is 0 Å². The summed E-state index contributed by atoms with van der Waals surface area (Å²) in [6.07, 6.45) is 5.42. The van der Waals surface area contributed by atoms with Crippen LogP contribution in [0.25, 0.3) is 22.6 Å². The van der Waals surface area contributed by atoms with Crippen molar-refractivity contribution in [3.05, 3.63) is 71.9 Å². The molecule has 0 spiro atoms. The zero-order valence-corrected chi connectivity index (χ0v) is 17.9. The number of rotatable bonds is 8. The normalized spacial score (nSPS) is 11.7. The molecular formula is C24H28N6. The number of nitrogens with zero attached hydrogens (tertiary/aromatic N) is 4. The van der Waals surface area contributed by atoms with Crippen molar-refractivity contribution in [1.29, 1.82) is 0 Å². The van der Waals surface area contributed by atoms with Gasteiger partial charge in [-0.05, 0) is 44.9 Å². The van der Waals surface area contributed by atoms with E-state index in [0.29, 0.717) is 17.9 Å². The van der Waals surface area contributed by atoms with Crippen LogP contribution in [0, 0.1) is 0 Å². The van der Waals surface area contributed by atoms with E-state index >= 15 is 0 Å².